The fraction of sp³-hybridized carbons (Fsp3) is 0.846. The van der Waals surface area contributed by atoms with E-state index in [1.54, 1.807) is 6.33 Å². The number of aromatic nitrogens is 3. The lowest BCUT2D eigenvalue weighted by molar-refractivity contribution is 0.280. The fourth-order valence-electron chi connectivity index (χ4n) is 2.77. The standard InChI is InChI=1S/C13H24N4/c1-3-11-5-4-6-12(9-11)14-8-7-13-16-15-10-17(13)2/h10-12,14H,3-9H2,1-2H3. The Kier molecular flexibility index (Phi) is 4.54. The van der Waals surface area contributed by atoms with E-state index in [-0.39, 0.29) is 0 Å². The number of nitrogens with zero attached hydrogens (tertiary/aromatic N) is 3. The average Bonchev–Trinajstić information content (AvgIpc) is 2.76. The van der Waals surface area contributed by atoms with Crippen LogP contribution in [0.5, 0.6) is 0 Å². The zero-order valence-corrected chi connectivity index (χ0v) is 11.0. The molecule has 0 bridgehead atoms. The Balaban J connectivity index is 1.70. The minimum atomic E-state index is 0.724. The normalized spacial score (nSPS) is 25.1. The Bertz CT molecular complexity index is 334. The summed E-state index contributed by atoms with van der Waals surface area (Å²) in [5.74, 6) is 2.01. The van der Waals surface area contributed by atoms with Crippen LogP contribution in [0.1, 0.15) is 44.9 Å². The van der Waals surface area contributed by atoms with Crippen molar-refractivity contribution in [2.75, 3.05) is 6.54 Å². The molecule has 96 valence electrons. The second-order valence-electron chi connectivity index (χ2n) is 5.20. The van der Waals surface area contributed by atoms with Gasteiger partial charge in [-0.2, -0.15) is 0 Å². The van der Waals surface area contributed by atoms with Crippen LogP contribution in [0, 0.1) is 5.92 Å². The van der Waals surface area contributed by atoms with Gasteiger partial charge in [-0.3, -0.25) is 0 Å². The minimum absolute atomic E-state index is 0.724. The average molecular weight is 236 g/mol. The number of nitrogens with one attached hydrogen (secondary N) is 1. The molecule has 4 heteroatoms. The van der Waals surface area contributed by atoms with Gasteiger partial charge < -0.3 is 9.88 Å². The van der Waals surface area contributed by atoms with E-state index in [0.717, 1.165) is 30.7 Å². The Hall–Kier alpha value is -0.900. The van der Waals surface area contributed by atoms with Crippen molar-refractivity contribution in [2.24, 2.45) is 13.0 Å². The molecule has 2 atom stereocenters. The summed E-state index contributed by atoms with van der Waals surface area (Å²) in [7, 11) is 2.00. The minimum Gasteiger partial charge on any atom is -0.321 e. The third kappa shape index (κ3) is 3.53. The second kappa shape index (κ2) is 6.15. The van der Waals surface area contributed by atoms with Crippen molar-refractivity contribution in [1.82, 2.24) is 20.1 Å². The molecule has 2 rings (SSSR count). The van der Waals surface area contributed by atoms with Crippen LogP contribution in [0.2, 0.25) is 0 Å². The van der Waals surface area contributed by atoms with Crippen LogP contribution in [-0.4, -0.2) is 27.4 Å². The SMILES string of the molecule is CCC1CCCC(NCCc2nncn2C)C1. The lowest BCUT2D eigenvalue weighted by atomic mass is 9.84. The number of hydrogen-bond acceptors (Lipinski definition) is 3. The second-order valence-corrected chi connectivity index (χ2v) is 5.20. The molecule has 0 aromatic carbocycles. The van der Waals surface area contributed by atoms with Crippen LogP contribution in [0.15, 0.2) is 6.33 Å². The van der Waals surface area contributed by atoms with E-state index in [0.29, 0.717) is 0 Å². The molecule has 1 saturated carbocycles. The van der Waals surface area contributed by atoms with Gasteiger partial charge in [0.1, 0.15) is 12.2 Å². The summed E-state index contributed by atoms with van der Waals surface area (Å²) in [6.07, 6.45) is 9.59. The molecule has 4 nitrogen and oxygen atoms in total. The summed E-state index contributed by atoms with van der Waals surface area (Å²) in [6, 6.07) is 0.724. The van der Waals surface area contributed by atoms with Gasteiger partial charge in [0.25, 0.3) is 0 Å². The van der Waals surface area contributed by atoms with Gasteiger partial charge in [-0.1, -0.05) is 26.2 Å². The molecule has 1 aromatic rings. The van der Waals surface area contributed by atoms with Crippen molar-refractivity contribution in [2.45, 2.75) is 51.5 Å². The summed E-state index contributed by atoms with van der Waals surface area (Å²) in [5, 5.41) is 11.7. The smallest absolute Gasteiger partial charge is 0.133 e. The first-order chi connectivity index (χ1) is 8.29. The maximum atomic E-state index is 4.10. The maximum Gasteiger partial charge on any atom is 0.133 e. The van der Waals surface area contributed by atoms with Crippen molar-refractivity contribution >= 4 is 0 Å². The van der Waals surface area contributed by atoms with Crippen LogP contribution in [0.4, 0.5) is 0 Å². The Morgan fingerprint density at radius 2 is 2.35 bits per heavy atom. The van der Waals surface area contributed by atoms with Gasteiger partial charge in [0.05, 0.1) is 0 Å². The molecule has 0 aliphatic heterocycles. The molecule has 2 unspecified atom stereocenters. The molecule has 1 aliphatic rings. The maximum absolute atomic E-state index is 4.10. The highest BCUT2D eigenvalue weighted by atomic mass is 15.2. The van der Waals surface area contributed by atoms with Gasteiger partial charge in [0.2, 0.25) is 0 Å². The summed E-state index contributed by atoms with van der Waals surface area (Å²) >= 11 is 0. The molecule has 1 aliphatic carbocycles. The molecule has 17 heavy (non-hydrogen) atoms. The van der Waals surface area contributed by atoms with E-state index in [1.807, 2.05) is 11.6 Å². The molecule has 1 aromatic heterocycles. The van der Waals surface area contributed by atoms with Gasteiger partial charge in [-0.05, 0) is 18.8 Å². The van der Waals surface area contributed by atoms with E-state index >= 15 is 0 Å². The van der Waals surface area contributed by atoms with Crippen molar-refractivity contribution in [1.29, 1.82) is 0 Å². The lowest BCUT2D eigenvalue weighted by Crippen LogP contribution is -2.35. The molecule has 1 fully saturated rings. The number of hydrogen-bond donors (Lipinski definition) is 1. The Morgan fingerprint density at radius 1 is 1.47 bits per heavy atom. The van der Waals surface area contributed by atoms with Gasteiger partial charge in [0, 0.05) is 26.1 Å². The van der Waals surface area contributed by atoms with Crippen molar-refractivity contribution in [3.63, 3.8) is 0 Å². The van der Waals surface area contributed by atoms with Crippen LogP contribution in [-0.2, 0) is 13.5 Å². The van der Waals surface area contributed by atoms with Crippen LogP contribution < -0.4 is 5.32 Å². The summed E-state index contributed by atoms with van der Waals surface area (Å²) in [5.41, 5.74) is 0. The zero-order chi connectivity index (χ0) is 12.1. The molecular formula is C13H24N4. The highest BCUT2D eigenvalue weighted by molar-refractivity contribution is 4.86. The van der Waals surface area contributed by atoms with Gasteiger partial charge >= 0.3 is 0 Å². The Morgan fingerprint density at radius 3 is 3.06 bits per heavy atom. The van der Waals surface area contributed by atoms with E-state index in [9.17, 15) is 0 Å². The van der Waals surface area contributed by atoms with Gasteiger partial charge in [-0.15, -0.1) is 10.2 Å². The topological polar surface area (TPSA) is 42.7 Å². The van der Waals surface area contributed by atoms with E-state index in [1.165, 1.54) is 32.1 Å². The Labute approximate surface area is 104 Å². The summed E-state index contributed by atoms with van der Waals surface area (Å²) in [6.45, 7) is 3.33. The molecule has 0 radical (unpaired) electrons. The number of aryl methyl sites for hydroxylation is 1. The molecule has 0 spiro atoms. The first-order valence-corrected chi connectivity index (χ1v) is 6.85. The van der Waals surface area contributed by atoms with E-state index in [4.69, 9.17) is 0 Å². The van der Waals surface area contributed by atoms with E-state index < -0.39 is 0 Å². The molecule has 0 saturated heterocycles. The molecular weight excluding hydrogens is 212 g/mol. The predicted molar refractivity (Wildman–Crippen MR) is 68.7 cm³/mol. The van der Waals surface area contributed by atoms with E-state index in [2.05, 4.69) is 22.4 Å². The van der Waals surface area contributed by atoms with Crippen LogP contribution >= 0.6 is 0 Å². The van der Waals surface area contributed by atoms with Gasteiger partial charge in [0.15, 0.2) is 0 Å². The predicted octanol–water partition coefficient (Wildman–Crippen LogP) is 1.92. The highest BCUT2D eigenvalue weighted by Crippen LogP contribution is 2.26. The molecule has 0 amide bonds. The monoisotopic (exact) mass is 236 g/mol. The van der Waals surface area contributed by atoms with Crippen LogP contribution in [0.25, 0.3) is 0 Å². The van der Waals surface area contributed by atoms with Crippen molar-refractivity contribution < 1.29 is 0 Å². The molecule has 1 N–H and O–H groups in total. The summed E-state index contributed by atoms with van der Waals surface area (Å²) < 4.78 is 2.00. The van der Waals surface area contributed by atoms with Crippen molar-refractivity contribution in [3.8, 4) is 0 Å². The largest absolute Gasteiger partial charge is 0.321 e. The van der Waals surface area contributed by atoms with Gasteiger partial charge in [-0.25, -0.2) is 0 Å². The lowest BCUT2D eigenvalue weighted by Gasteiger charge is -2.29. The first kappa shape index (κ1) is 12.6. The molecule has 1 heterocycles. The zero-order valence-electron chi connectivity index (χ0n) is 11.0. The third-order valence-corrected chi connectivity index (χ3v) is 3.95. The first-order valence-electron chi connectivity index (χ1n) is 6.85. The van der Waals surface area contributed by atoms with Crippen molar-refractivity contribution in [3.05, 3.63) is 12.2 Å². The highest BCUT2D eigenvalue weighted by Gasteiger charge is 2.19. The summed E-state index contributed by atoms with van der Waals surface area (Å²) in [4.78, 5) is 0. The fourth-order valence-corrected chi connectivity index (χ4v) is 2.77. The van der Waals surface area contributed by atoms with Crippen LogP contribution in [0.3, 0.4) is 0 Å². The third-order valence-electron chi connectivity index (χ3n) is 3.95. The number of rotatable bonds is 5. The quantitative estimate of drug-likeness (QED) is 0.849.